The Kier molecular flexibility index (Phi) is 6.78. The number of hydrogen-bond donors (Lipinski definition) is 2. The molecule has 1 saturated carbocycles. The normalized spacial score (nSPS) is 32.4. The molecular formula is C20H33FN6O3S. The van der Waals surface area contributed by atoms with E-state index in [4.69, 9.17) is 4.74 Å². The topological polar surface area (TPSA) is 99.7 Å². The summed E-state index contributed by atoms with van der Waals surface area (Å²) in [4.78, 5) is 11.0. The number of hydrazine groups is 1. The number of anilines is 1. The van der Waals surface area contributed by atoms with E-state index in [0.29, 0.717) is 39.0 Å². The molecule has 1 aromatic rings. The number of nitrogens with one attached hydrogen (secondary N) is 2. The maximum absolute atomic E-state index is 14.6. The third kappa shape index (κ3) is 4.85. The first kappa shape index (κ1) is 22.8. The Bertz CT molecular complexity index is 864. The number of nitrogens with zero attached hydrogens (tertiary/aromatic N) is 4. The molecule has 0 aromatic carbocycles. The molecule has 174 valence electrons. The Morgan fingerprint density at radius 2 is 1.94 bits per heavy atom. The minimum atomic E-state index is -3.17. The zero-order valence-corrected chi connectivity index (χ0v) is 19.2. The highest BCUT2D eigenvalue weighted by Crippen LogP contribution is 2.40. The first-order chi connectivity index (χ1) is 14.8. The molecule has 5 unspecified atom stereocenters. The number of rotatable bonds is 6. The van der Waals surface area contributed by atoms with Crippen molar-refractivity contribution >= 4 is 15.8 Å². The first-order valence-electron chi connectivity index (χ1n) is 11.1. The number of alkyl halides is 1. The van der Waals surface area contributed by atoms with Gasteiger partial charge in [0.15, 0.2) is 0 Å². The molecule has 3 aliphatic rings. The van der Waals surface area contributed by atoms with E-state index in [1.165, 1.54) is 0 Å². The second kappa shape index (κ2) is 9.22. The van der Waals surface area contributed by atoms with Crippen LogP contribution in [-0.4, -0.2) is 79.0 Å². The molecule has 31 heavy (non-hydrogen) atoms. The van der Waals surface area contributed by atoms with E-state index < -0.39 is 22.3 Å². The summed E-state index contributed by atoms with van der Waals surface area (Å²) in [6.45, 7) is 7.62. The third-order valence-corrected chi connectivity index (χ3v) is 8.40. The largest absolute Gasteiger partial charge is 0.373 e. The van der Waals surface area contributed by atoms with Crippen LogP contribution < -0.4 is 15.8 Å². The van der Waals surface area contributed by atoms with Gasteiger partial charge in [0, 0.05) is 44.2 Å². The van der Waals surface area contributed by atoms with E-state index in [9.17, 15) is 12.8 Å². The van der Waals surface area contributed by atoms with Gasteiger partial charge in [-0.25, -0.2) is 28.2 Å². The molecule has 2 saturated heterocycles. The van der Waals surface area contributed by atoms with Crippen molar-refractivity contribution in [1.82, 2.24) is 25.1 Å². The maximum atomic E-state index is 14.6. The molecule has 0 amide bonds. The monoisotopic (exact) mass is 456 g/mol. The summed E-state index contributed by atoms with van der Waals surface area (Å²) >= 11 is 0. The number of hydrogen-bond acceptors (Lipinski definition) is 8. The summed E-state index contributed by atoms with van der Waals surface area (Å²) in [5.74, 6) is 1.08. The fourth-order valence-electron chi connectivity index (χ4n) is 4.85. The number of aromatic nitrogens is 2. The van der Waals surface area contributed by atoms with Gasteiger partial charge < -0.3 is 9.64 Å². The fourth-order valence-corrected chi connectivity index (χ4v) is 5.94. The molecule has 0 bridgehead atoms. The van der Waals surface area contributed by atoms with Crippen LogP contribution in [0.3, 0.4) is 0 Å². The van der Waals surface area contributed by atoms with Crippen LogP contribution in [0.15, 0.2) is 12.4 Å². The van der Waals surface area contributed by atoms with Crippen LogP contribution in [0.5, 0.6) is 0 Å². The van der Waals surface area contributed by atoms with Gasteiger partial charge in [-0.1, -0.05) is 0 Å². The highest BCUT2D eigenvalue weighted by atomic mass is 32.2. The van der Waals surface area contributed by atoms with Crippen LogP contribution in [0.1, 0.15) is 45.3 Å². The summed E-state index contributed by atoms with van der Waals surface area (Å²) in [6.07, 6.45) is 1.20. The van der Waals surface area contributed by atoms with Crippen LogP contribution in [-0.2, 0) is 14.8 Å². The van der Waals surface area contributed by atoms with Crippen molar-refractivity contribution in [2.75, 3.05) is 36.8 Å². The van der Waals surface area contributed by atoms with Gasteiger partial charge >= 0.3 is 0 Å². The minimum absolute atomic E-state index is 0.0126. The first-order valence-corrected chi connectivity index (χ1v) is 12.7. The number of fused-ring (bicyclic) bond motifs is 1. The van der Waals surface area contributed by atoms with Gasteiger partial charge in [-0.15, -0.1) is 0 Å². The molecular weight excluding hydrogens is 423 g/mol. The highest BCUT2D eigenvalue weighted by molar-refractivity contribution is 7.89. The standard InChI is InChI=1S/C20H33FN6O3S/c1-4-31(28,29)27-7-5-26(6-8-27)19-11-17(22-12-23-19)20-14-9-18(30-13(2)3)15(21)10-16(14)24-25-20/h11-16,18,20,24-25H,4-10H2,1-3H3. The molecule has 4 rings (SSSR count). The van der Waals surface area contributed by atoms with Gasteiger partial charge in [0.1, 0.15) is 18.3 Å². The SMILES string of the molecule is CCS(=O)(=O)N1CCN(c2cc(C3NNC4CC(F)C(OC(C)C)CC43)ncn2)CC1. The van der Waals surface area contributed by atoms with E-state index in [1.807, 2.05) is 19.9 Å². The zero-order valence-electron chi connectivity index (χ0n) is 18.4. The Morgan fingerprint density at radius 3 is 2.61 bits per heavy atom. The van der Waals surface area contributed by atoms with E-state index in [2.05, 4.69) is 25.7 Å². The van der Waals surface area contributed by atoms with E-state index in [0.717, 1.165) is 11.5 Å². The Morgan fingerprint density at radius 1 is 1.19 bits per heavy atom. The smallest absolute Gasteiger partial charge is 0.213 e. The number of ether oxygens (including phenoxy) is 1. The van der Waals surface area contributed by atoms with Crippen LogP contribution >= 0.6 is 0 Å². The quantitative estimate of drug-likeness (QED) is 0.654. The Balaban J connectivity index is 1.45. The van der Waals surface area contributed by atoms with Crippen LogP contribution in [0.25, 0.3) is 0 Å². The van der Waals surface area contributed by atoms with Gasteiger partial charge in [0.25, 0.3) is 0 Å². The van der Waals surface area contributed by atoms with Crippen molar-refractivity contribution in [1.29, 1.82) is 0 Å². The molecule has 1 aromatic heterocycles. The highest BCUT2D eigenvalue weighted by Gasteiger charge is 2.46. The molecule has 0 radical (unpaired) electrons. The zero-order chi connectivity index (χ0) is 22.2. The second-order valence-electron chi connectivity index (χ2n) is 8.84. The minimum Gasteiger partial charge on any atom is -0.373 e. The van der Waals surface area contributed by atoms with E-state index >= 15 is 0 Å². The van der Waals surface area contributed by atoms with Crippen molar-refractivity contribution in [2.45, 2.75) is 64.1 Å². The lowest BCUT2D eigenvalue weighted by molar-refractivity contribution is -0.0708. The fraction of sp³-hybridized carbons (Fsp3) is 0.800. The van der Waals surface area contributed by atoms with Crippen molar-refractivity contribution in [3.63, 3.8) is 0 Å². The Labute approximate surface area is 183 Å². The van der Waals surface area contributed by atoms with E-state index in [1.54, 1.807) is 17.6 Å². The lowest BCUT2D eigenvalue weighted by atomic mass is 9.78. The van der Waals surface area contributed by atoms with Crippen molar-refractivity contribution in [3.05, 3.63) is 18.1 Å². The number of piperazine rings is 1. The average Bonchev–Trinajstić information content (AvgIpc) is 3.16. The summed E-state index contributed by atoms with van der Waals surface area (Å²) in [7, 11) is -3.17. The van der Waals surface area contributed by atoms with Crippen LogP contribution in [0.2, 0.25) is 0 Å². The molecule has 5 atom stereocenters. The molecule has 1 aliphatic carbocycles. The van der Waals surface area contributed by atoms with Crippen LogP contribution in [0, 0.1) is 5.92 Å². The van der Waals surface area contributed by atoms with Gasteiger partial charge in [-0.05, 0) is 33.6 Å². The van der Waals surface area contributed by atoms with Gasteiger partial charge in [0.05, 0.1) is 29.7 Å². The predicted octanol–water partition coefficient (Wildman–Crippen LogP) is 1.01. The molecule has 3 heterocycles. The van der Waals surface area contributed by atoms with Crippen LogP contribution in [0.4, 0.5) is 10.2 Å². The van der Waals surface area contributed by atoms with Crippen molar-refractivity contribution < 1.29 is 17.5 Å². The number of halogens is 1. The third-order valence-electron chi connectivity index (χ3n) is 6.52. The molecule has 2 N–H and O–H groups in total. The summed E-state index contributed by atoms with van der Waals surface area (Å²) in [5.41, 5.74) is 7.41. The van der Waals surface area contributed by atoms with Gasteiger partial charge in [0.2, 0.25) is 10.0 Å². The molecule has 11 heteroatoms. The lowest BCUT2D eigenvalue weighted by Crippen LogP contribution is -2.49. The Hall–Kier alpha value is -1.40. The summed E-state index contributed by atoms with van der Waals surface area (Å²) in [5, 5.41) is 0. The second-order valence-corrected chi connectivity index (χ2v) is 11.1. The van der Waals surface area contributed by atoms with E-state index in [-0.39, 0.29) is 29.9 Å². The van der Waals surface area contributed by atoms with Gasteiger partial charge in [-0.3, -0.25) is 5.43 Å². The predicted molar refractivity (Wildman–Crippen MR) is 116 cm³/mol. The average molecular weight is 457 g/mol. The maximum Gasteiger partial charge on any atom is 0.213 e. The molecule has 0 spiro atoms. The lowest BCUT2D eigenvalue weighted by Gasteiger charge is -2.36. The number of sulfonamides is 1. The van der Waals surface area contributed by atoms with Crippen molar-refractivity contribution in [3.8, 4) is 0 Å². The molecule has 9 nitrogen and oxygen atoms in total. The summed E-state index contributed by atoms with van der Waals surface area (Å²) < 4.78 is 46.1. The molecule has 2 aliphatic heterocycles. The molecule has 3 fully saturated rings. The van der Waals surface area contributed by atoms with Crippen molar-refractivity contribution in [2.24, 2.45) is 5.92 Å². The van der Waals surface area contributed by atoms with Gasteiger partial charge in [-0.2, -0.15) is 4.31 Å². The summed E-state index contributed by atoms with van der Waals surface area (Å²) in [6, 6.07) is 1.94.